The predicted octanol–water partition coefficient (Wildman–Crippen LogP) is 1.05. The molecule has 4 nitrogen and oxygen atoms in total. The highest BCUT2D eigenvalue weighted by molar-refractivity contribution is 5.47. The van der Waals surface area contributed by atoms with Gasteiger partial charge in [0.15, 0.2) is 11.5 Å². The summed E-state index contributed by atoms with van der Waals surface area (Å²) in [5, 5.41) is 0. The minimum atomic E-state index is -0.111. The molecule has 1 atom stereocenters. The largest absolute Gasteiger partial charge is 0.493 e. The molecule has 1 rings (SSSR count). The molecular weight excluding hydrogens is 192 g/mol. The molecule has 0 fully saturated rings. The van der Waals surface area contributed by atoms with Crippen molar-refractivity contribution in [1.29, 1.82) is 0 Å². The van der Waals surface area contributed by atoms with Gasteiger partial charge in [-0.25, -0.2) is 0 Å². The maximum atomic E-state index is 5.99. The van der Waals surface area contributed by atoms with Gasteiger partial charge in [0.25, 0.3) is 0 Å². The molecule has 0 saturated heterocycles. The van der Waals surface area contributed by atoms with Crippen LogP contribution in [0.1, 0.15) is 18.0 Å². The van der Waals surface area contributed by atoms with Crippen molar-refractivity contribution in [3.63, 3.8) is 0 Å². The second-order valence-corrected chi connectivity index (χ2v) is 3.27. The van der Waals surface area contributed by atoms with Crippen LogP contribution in [-0.4, -0.2) is 20.8 Å². The van der Waals surface area contributed by atoms with Gasteiger partial charge in [0.1, 0.15) is 0 Å². The van der Waals surface area contributed by atoms with Gasteiger partial charge in [-0.1, -0.05) is 12.1 Å². The molecule has 0 aliphatic heterocycles. The summed E-state index contributed by atoms with van der Waals surface area (Å²) in [4.78, 5) is 0. The van der Waals surface area contributed by atoms with Crippen molar-refractivity contribution in [2.75, 3.05) is 20.8 Å². The van der Waals surface area contributed by atoms with E-state index in [4.69, 9.17) is 20.9 Å². The minimum Gasteiger partial charge on any atom is -0.493 e. The molecular formula is C11H18N2O2. The van der Waals surface area contributed by atoms with E-state index in [1.807, 2.05) is 18.2 Å². The first kappa shape index (κ1) is 11.8. The first-order chi connectivity index (χ1) is 7.24. The number of hydrogen-bond donors (Lipinski definition) is 2. The highest BCUT2D eigenvalue weighted by Crippen LogP contribution is 2.34. The number of nitrogens with two attached hydrogens (primary N) is 2. The molecule has 84 valence electrons. The van der Waals surface area contributed by atoms with Gasteiger partial charge in [-0.2, -0.15) is 0 Å². The minimum absolute atomic E-state index is 0.111. The Kier molecular flexibility index (Phi) is 4.39. The van der Waals surface area contributed by atoms with Gasteiger partial charge >= 0.3 is 0 Å². The van der Waals surface area contributed by atoms with Crippen LogP contribution in [0.2, 0.25) is 0 Å². The summed E-state index contributed by atoms with van der Waals surface area (Å²) in [6, 6.07) is 5.56. The van der Waals surface area contributed by atoms with Gasteiger partial charge in [0, 0.05) is 11.6 Å². The molecule has 0 saturated carbocycles. The molecule has 0 bridgehead atoms. The van der Waals surface area contributed by atoms with Gasteiger partial charge < -0.3 is 20.9 Å². The van der Waals surface area contributed by atoms with Crippen LogP contribution in [0.15, 0.2) is 18.2 Å². The number of rotatable bonds is 5. The summed E-state index contributed by atoms with van der Waals surface area (Å²) in [7, 11) is 3.21. The maximum Gasteiger partial charge on any atom is 0.165 e. The Bertz CT molecular complexity index is 315. The first-order valence-corrected chi connectivity index (χ1v) is 4.91. The van der Waals surface area contributed by atoms with Crippen LogP contribution in [0.4, 0.5) is 0 Å². The lowest BCUT2D eigenvalue weighted by molar-refractivity contribution is 0.349. The molecule has 0 radical (unpaired) electrons. The molecule has 0 aliphatic rings. The molecule has 4 heteroatoms. The summed E-state index contributed by atoms with van der Waals surface area (Å²) >= 11 is 0. The quantitative estimate of drug-likeness (QED) is 0.762. The molecule has 15 heavy (non-hydrogen) atoms. The van der Waals surface area contributed by atoms with E-state index >= 15 is 0 Å². The lowest BCUT2D eigenvalue weighted by atomic mass is 10.0. The van der Waals surface area contributed by atoms with Crippen molar-refractivity contribution >= 4 is 0 Å². The van der Waals surface area contributed by atoms with Crippen LogP contribution in [0.25, 0.3) is 0 Å². The fourth-order valence-electron chi connectivity index (χ4n) is 1.54. The van der Waals surface area contributed by atoms with Crippen LogP contribution in [0.3, 0.4) is 0 Å². The van der Waals surface area contributed by atoms with Crippen molar-refractivity contribution in [1.82, 2.24) is 0 Å². The average Bonchev–Trinajstić information content (AvgIpc) is 2.28. The number of para-hydroxylation sites is 1. The van der Waals surface area contributed by atoms with Crippen LogP contribution in [-0.2, 0) is 0 Å². The van der Waals surface area contributed by atoms with E-state index in [2.05, 4.69) is 0 Å². The number of hydrogen-bond acceptors (Lipinski definition) is 4. The molecule has 0 aliphatic carbocycles. The number of methoxy groups -OCH3 is 2. The lowest BCUT2D eigenvalue weighted by Gasteiger charge is -2.17. The van der Waals surface area contributed by atoms with Crippen molar-refractivity contribution < 1.29 is 9.47 Å². The summed E-state index contributed by atoms with van der Waals surface area (Å²) in [5.41, 5.74) is 12.4. The maximum absolute atomic E-state index is 5.99. The van der Waals surface area contributed by atoms with Gasteiger partial charge in [-0.05, 0) is 19.0 Å². The summed E-state index contributed by atoms with van der Waals surface area (Å²) in [5.74, 6) is 1.39. The molecule has 4 N–H and O–H groups in total. The second-order valence-electron chi connectivity index (χ2n) is 3.27. The standard InChI is InChI=1S/C11H18N2O2/c1-14-10-5-3-4-8(11(10)15-2)9(13)6-7-12/h3-5,9H,6-7,12-13H2,1-2H3/t9-/m0/s1. The molecule has 0 amide bonds. The third kappa shape index (κ3) is 2.61. The Labute approximate surface area is 90.2 Å². The fourth-order valence-corrected chi connectivity index (χ4v) is 1.54. The zero-order chi connectivity index (χ0) is 11.3. The smallest absolute Gasteiger partial charge is 0.165 e. The highest BCUT2D eigenvalue weighted by Gasteiger charge is 2.14. The highest BCUT2D eigenvalue weighted by atomic mass is 16.5. The van der Waals surface area contributed by atoms with Gasteiger partial charge in [0.2, 0.25) is 0 Å². The van der Waals surface area contributed by atoms with E-state index in [-0.39, 0.29) is 6.04 Å². The normalized spacial score (nSPS) is 12.3. The average molecular weight is 210 g/mol. The van der Waals surface area contributed by atoms with Crippen molar-refractivity contribution in [2.24, 2.45) is 11.5 Å². The topological polar surface area (TPSA) is 70.5 Å². The summed E-state index contributed by atoms with van der Waals surface area (Å²) in [6.45, 7) is 0.557. The summed E-state index contributed by atoms with van der Waals surface area (Å²) in [6.07, 6.45) is 0.726. The Morgan fingerprint density at radius 3 is 2.53 bits per heavy atom. The van der Waals surface area contributed by atoms with Crippen LogP contribution in [0, 0.1) is 0 Å². The third-order valence-corrected chi connectivity index (χ3v) is 2.31. The Morgan fingerprint density at radius 1 is 1.27 bits per heavy atom. The van der Waals surface area contributed by atoms with Crippen LogP contribution >= 0.6 is 0 Å². The molecule has 0 aromatic heterocycles. The van der Waals surface area contributed by atoms with Crippen molar-refractivity contribution in [3.8, 4) is 11.5 Å². The SMILES string of the molecule is COc1cccc([C@@H](N)CCN)c1OC. The predicted molar refractivity (Wildman–Crippen MR) is 60.1 cm³/mol. The summed E-state index contributed by atoms with van der Waals surface area (Å²) < 4.78 is 10.5. The van der Waals surface area contributed by atoms with Crippen LogP contribution in [0.5, 0.6) is 11.5 Å². The van der Waals surface area contributed by atoms with E-state index in [1.165, 1.54) is 0 Å². The van der Waals surface area contributed by atoms with Crippen molar-refractivity contribution in [2.45, 2.75) is 12.5 Å². The monoisotopic (exact) mass is 210 g/mol. The van der Waals surface area contributed by atoms with E-state index in [1.54, 1.807) is 14.2 Å². The van der Waals surface area contributed by atoms with Gasteiger partial charge in [0.05, 0.1) is 14.2 Å². The molecule has 1 aromatic carbocycles. The fraction of sp³-hybridized carbons (Fsp3) is 0.455. The van der Waals surface area contributed by atoms with E-state index in [0.29, 0.717) is 18.0 Å². The number of ether oxygens (including phenoxy) is 2. The third-order valence-electron chi connectivity index (χ3n) is 2.31. The van der Waals surface area contributed by atoms with Crippen LogP contribution < -0.4 is 20.9 Å². The zero-order valence-electron chi connectivity index (χ0n) is 9.19. The first-order valence-electron chi connectivity index (χ1n) is 4.91. The van der Waals surface area contributed by atoms with E-state index in [0.717, 1.165) is 12.0 Å². The van der Waals surface area contributed by atoms with Crippen molar-refractivity contribution in [3.05, 3.63) is 23.8 Å². The molecule has 0 spiro atoms. The zero-order valence-corrected chi connectivity index (χ0v) is 9.19. The van der Waals surface area contributed by atoms with Gasteiger partial charge in [-0.15, -0.1) is 0 Å². The Balaban J connectivity index is 3.05. The number of benzene rings is 1. The van der Waals surface area contributed by atoms with Gasteiger partial charge in [-0.3, -0.25) is 0 Å². The second kappa shape index (κ2) is 5.58. The Morgan fingerprint density at radius 2 is 2.00 bits per heavy atom. The van der Waals surface area contributed by atoms with E-state index in [9.17, 15) is 0 Å². The molecule has 0 unspecified atom stereocenters. The molecule has 0 heterocycles. The molecule has 1 aromatic rings. The van der Waals surface area contributed by atoms with E-state index < -0.39 is 0 Å². The lowest BCUT2D eigenvalue weighted by Crippen LogP contribution is -2.16. The Hall–Kier alpha value is -1.26.